The lowest BCUT2D eigenvalue weighted by Gasteiger charge is -2.52. The Morgan fingerprint density at radius 1 is 1.00 bits per heavy atom. The first kappa shape index (κ1) is 14.1. The lowest BCUT2D eigenvalue weighted by atomic mass is 9.52. The van der Waals surface area contributed by atoms with Gasteiger partial charge in [-0.2, -0.15) is 0 Å². The Morgan fingerprint density at radius 2 is 1.70 bits per heavy atom. The number of nitrogens with one attached hydrogen (secondary N) is 1. The van der Waals surface area contributed by atoms with Gasteiger partial charge in [-0.1, -0.05) is 25.8 Å². The number of aromatic nitrogens is 2. The van der Waals surface area contributed by atoms with E-state index in [4.69, 9.17) is 4.98 Å². The Bertz CT molecular complexity index is 711. The van der Waals surface area contributed by atoms with Crippen LogP contribution in [0.5, 0.6) is 0 Å². The highest BCUT2D eigenvalue weighted by Gasteiger charge is 2.46. The van der Waals surface area contributed by atoms with Crippen LogP contribution in [-0.4, -0.2) is 9.97 Å². The van der Waals surface area contributed by atoms with Crippen molar-refractivity contribution in [2.24, 2.45) is 5.41 Å². The SMILES string of the molecule is CC12CCC(c3ccc4nc(C5CCCC5)[nH]c4c3)(CC1)CC2. The number of benzene rings is 1. The molecule has 2 heteroatoms. The highest BCUT2D eigenvalue weighted by molar-refractivity contribution is 5.76. The maximum absolute atomic E-state index is 4.89. The van der Waals surface area contributed by atoms with E-state index in [9.17, 15) is 0 Å². The van der Waals surface area contributed by atoms with Gasteiger partial charge < -0.3 is 4.98 Å². The summed E-state index contributed by atoms with van der Waals surface area (Å²) in [5.41, 5.74) is 5.13. The van der Waals surface area contributed by atoms with Gasteiger partial charge in [0.25, 0.3) is 0 Å². The molecule has 4 fully saturated rings. The van der Waals surface area contributed by atoms with Gasteiger partial charge in [0.15, 0.2) is 0 Å². The molecule has 2 bridgehead atoms. The second kappa shape index (κ2) is 4.84. The van der Waals surface area contributed by atoms with E-state index in [2.05, 4.69) is 30.1 Å². The fourth-order valence-electron chi connectivity index (χ4n) is 5.56. The summed E-state index contributed by atoms with van der Waals surface area (Å²) in [5.74, 6) is 1.92. The zero-order chi connectivity index (χ0) is 15.5. The molecule has 23 heavy (non-hydrogen) atoms. The first-order chi connectivity index (χ1) is 11.2. The van der Waals surface area contributed by atoms with Crippen molar-refractivity contribution in [2.75, 3.05) is 0 Å². The fraction of sp³-hybridized carbons (Fsp3) is 0.667. The largest absolute Gasteiger partial charge is 0.342 e. The Labute approximate surface area is 139 Å². The lowest BCUT2D eigenvalue weighted by Crippen LogP contribution is -2.42. The summed E-state index contributed by atoms with van der Waals surface area (Å²) in [5, 5.41) is 0. The summed E-state index contributed by atoms with van der Waals surface area (Å²) >= 11 is 0. The maximum atomic E-state index is 4.89. The molecular formula is C21H28N2. The molecule has 0 aliphatic heterocycles. The van der Waals surface area contributed by atoms with Crippen molar-refractivity contribution in [3.05, 3.63) is 29.6 Å². The van der Waals surface area contributed by atoms with Crippen LogP contribution in [0.25, 0.3) is 11.0 Å². The molecule has 0 unspecified atom stereocenters. The van der Waals surface area contributed by atoms with E-state index in [1.807, 2.05) is 0 Å². The second-order valence-electron chi connectivity index (χ2n) is 8.93. The van der Waals surface area contributed by atoms with Crippen molar-refractivity contribution in [1.29, 1.82) is 0 Å². The number of hydrogen-bond donors (Lipinski definition) is 1. The molecule has 0 radical (unpaired) electrons. The highest BCUT2D eigenvalue weighted by Crippen LogP contribution is 2.57. The third-order valence-corrected chi connectivity index (χ3v) is 7.48. The van der Waals surface area contributed by atoms with Gasteiger partial charge >= 0.3 is 0 Å². The van der Waals surface area contributed by atoms with E-state index in [1.54, 1.807) is 5.56 Å². The molecule has 0 spiro atoms. The molecule has 1 heterocycles. The lowest BCUT2D eigenvalue weighted by molar-refractivity contribution is 0.0557. The van der Waals surface area contributed by atoms with Crippen molar-refractivity contribution < 1.29 is 0 Å². The van der Waals surface area contributed by atoms with Gasteiger partial charge in [0.1, 0.15) is 5.82 Å². The van der Waals surface area contributed by atoms with Gasteiger partial charge in [0.2, 0.25) is 0 Å². The van der Waals surface area contributed by atoms with E-state index in [-0.39, 0.29) is 0 Å². The molecule has 0 atom stereocenters. The molecule has 2 aromatic rings. The van der Waals surface area contributed by atoms with Crippen LogP contribution in [0, 0.1) is 5.41 Å². The van der Waals surface area contributed by atoms with Crippen LogP contribution in [0.4, 0.5) is 0 Å². The average molecular weight is 308 g/mol. The maximum Gasteiger partial charge on any atom is 0.110 e. The van der Waals surface area contributed by atoms with Crippen molar-refractivity contribution in [3.8, 4) is 0 Å². The Balaban J connectivity index is 1.50. The monoisotopic (exact) mass is 308 g/mol. The van der Waals surface area contributed by atoms with Crippen LogP contribution >= 0.6 is 0 Å². The van der Waals surface area contributed by atoms with E-state index in [0.29, 0.717) is 16.7 Å². The summed E-state index contributed by atoms with van der Waals surface area (Å²) in [6, 6.07) is 7.10. The van der Waals surface area contributed by atoms with Gasteiger partial charge in [-0.05, 0) is 79.9 Å². The van der Waals surface area contributed by atoms with Gasteiger partial charge in [-0.15, -0.1) is 0 Å². The van der Waals surface area contributed by atoms with E-state index in [0.717, 1.165) is 0 Å². The third-order valence-electron chi connectivity index (χ3n) is 7.48. The van der Waals surface area contributed by atoms with E-state index < -0.39 is 0 Å². The molecular weight excluding hydrogens is 280 g/mol. The summed E-state index contributed by atoms with van der Waals surface area (Å²) in [4.78, 5) is 8.56. The van der Waals surface area contributed by atoms with Gasteiger partial charge in [0.05, 0.1) is 11.0 Å². The zero-order valence-electron chi connectivity index (χ0n) is 14.3. The smallest absolute Gasteiger partial charge is 0.110 e. The number of hydrogen-bond acceptors (Lipinski definition) is 1. The minimum absolute atomic E-state index is 0.463. The van der Waals surface area contributed by atoms with Gasteiger partial charge in [0, 0.05) is 5.92 Å². The molecule has 6 rings (SSSR count). The Hall–Kier alpha value is -1.31. The predicted molar refractivity (Wildman–Crippen MR) is 94.8 cm³/mol. The number of nitrogens with zero attached hydrogens (tertiary/aromatic N) is 1. The number of aromatic amines is 1. The summed E-state index contributed by atoms with van der Waals surface area (Å²) in [6.45, 7) is 2.50. The van der Waals surface area contributed by atoms with Gasteiger partial charge in [-0.25, -0.2) is 4.98 Å². The summed E-state index contributed by atoms with van der Waals surface area (Å²) in [7, 11) is 0. The van der Waals surface area contributed by atoms with Crippen LogP contribution in [-0.2, 0) is 5.41 Å². The molecule has 1 N–H and O–H groups in total. The van der Waals surface area contributed by atoms with Crippen LogP contribution in [0.2, 0.25) is 0 Å². The normalized spacial score (nSPS) is 34.5. The van der Waals surface area contributed by atoms with Gasteiger partial charge in [-0.3, -0.25) is 0 Å². The molecule has 0 amide bonds. The Morgan fingerprint density at radius 3 is 2.39 bits per heavy atom. The highest BCUT2D eigenvalue weighted by atomic mass is 14.9. The molecule has 4 aliphatic carbocycles. The number of imidazole rings is 1. The first-order valence-corrected chi connectivity index (χ1v) is 9.66. The van der Waals surface area contributed by atoms with E-state index in [1.165, 1.54) is 81.1 Å². The molecule has 2 nitrogen and oxygen atoms in total. The van der Waals surface area contributed by atoms with E-state index >= 15 is 0 Å². The van der Waals surface area contributed by atoms with Crippen molar-refractivity contribution in [3.63, 3.8) is 0 Å². The third kappa shape index (κ3) is 2.17. The van der Waals surface area contributed by atoms with Crippen LogP contribution in [0.15, 0.2) is 18.2 Å². The molecule has 122 valence electrons. The van der Waals surface area contributed by atoms with Crippen LogP contribution in [0.1, 0.15) is 88.4 Å². The average Bonchev–Trinajstić information content (AvgIpc) is 3.24. The molecule has 4 saturated carbocycles. The first-order valence-electron chi connectivity index (χ1n) is 9.66. The minimum atomic E-state index is 0.463. The zero-order valence-corrected chi connectivity index (χ0v) is 14.3. The number of rotatable bonds is 2. The topological polar surface area (TPSA) is 28.7 Å². The number of H-pyrrole nitrogens is 1. The quantitative estimate of drug-likeness (QED) is 0.742. The molecule has 1 aromatic heterocycles. The molecule has 1 aromatic carbocycles. The van der Waals surface area contributed by atoms with Crippen molar-refractivity contribution in [1.82, 2.24) is 9.97 Å². The minimum Gasteiger partial charge on any atom is -0.342 e. The summed E-state index contributed by atoms with van der Waals surface area (Å²) < 4.78 is 0. The standard InChI is InChI=1S/C21H28N2/c1-20-8-11-21(12-9-20,13-10-20)16-6-7-17-18(14-16)23-19(22-17)15-4-2-3-5-15/h6-7,14-15H,2-5,8-13H2,1H3,(H,22,23). The molecule has 0 saturated heterocycles. The second-order valence-corrected chi connectivity index (χ2v) is 8.93. The fourth-order valence-corrected chi connectivity index (χ4v) is 5.56. The van der Waals surface area contributed by atoms with Crippen molar-refractivity contribution >= 4 is 11.0 Å². The van der Waals surface area contributed by atoms with Crippen LogP contribution < -0.4 is 0 Å². The van der Waals surface area contributed by atoms with Crippen LogP contribution in [0.3, 0.4) is 0 Å². The molecule has 4 aliphatic rings. The number of fused-ring (bicyclic) bond motifs is 4. The predicted octanol–water partition coefficient (Wildman–Crippen LogP) is 5.83. The van der Waals surface area contributed by atoms with Crippen molar-refractivity contribution in [2.45, 2.75) is 82.5 Å². The Kier molecular flexibility index (Phi) is 2.96. The summed E-state index contributed by atoms with van der Waals surface area (Å²) in [6.07, 6.45) is 13.8.